The number of carbonyl (C=O) groups excluding carboxylic acids is 1. The van der Waals surface area contributed by atoms with Crippen LogP contribution in [0.1, 0.15) is 25.3 Å². The molecule has 1 aromatic rings. The van der Waals surface area contributed by atoms with Gasteiger partial charge in [-0.3, -0.25) is 4.79 Å². The first-order valence-electron chi connectivity index (χ1n) is 9.81. The minimum atomic E-state index is -0.441. The maximum absolute atomic E-state index is 13.5. The van der Waals surface area contributed by atoms with Gasteiger partial charge in [-0.2, -0.15) is 0 Å². The van der Waals surface area contributed by atoms with Crippen molar-refractivity contribution in [2.24, 2.45) is 5.92 Å². The summed E-state index contributed by atoms with van der Waals surface area (Å²) in [6.07, 6.45) is 7.40. The number of methoxy groups -OCH3 is 2. The van der Waals surface area contributed by atoms with Crippen LogP contribution in [-0.4, -0.2) is 44.4 Å². The van der Waals surface area contributed by atoms with Gasteiger partial charge in [0.15, 0.2) is 17.3 Å². The predicted molar refractivity (Wildman–Crippen MR) is 105 cm³/mol. The summed E-state index contributed by atoms with van der Waals surface area (Å²) in [6, 6.07) is 3.59. The smallest absolute Gasteiger partial charge is 0.177 e. The molecule has 4 atom stereocenters. The number of hydrogen-bond donors (Lipinski definition) is 0. The Morgan fingerprint density at radius 3 is 2.62 bits per heavy atom. The molecule has 5 rings (SSSR count). The Kier molecular flexibility index (Phi) is 4.03. The van der Waals surface area contributed by atoms with Crippen LogP contribution in [0.2, 0.25) is 0 Å². The van der Waals surface area contributed by atoms with Gasteiger partial charge in [-0.1, -0.05) is 18.2 Å². The molecule has 0 spiro atoms. The molecule has 3 heterocycles. The Balaban J connectivity index is 1.56. The molecule has 0 aromatic heterocycles. The highest BCUT2D eigenvalue weighted by Crippen LogP contribution is 2.48. The summed E-state index contributed by atoms with van der Waals surface area (Å²) >= 11 is 0. The normalized spacial score (nSPS) is 31.0. The van der Waals surface area contributed by atoms with E-state index in [-0.39, 0.29) is 29.5 Å². The van der Waals surface area contributed by atoms with E-state index >= 15 is 0 Å². The Labute approximate surface area is 169 Å². The maximum Gasteiger partial charge on any atom is 0.177 e. The van der Waals surface area contributed by atoms with Crippen molar-refractivity contribution >= 4 is 5.78 Å². The molecule has 0 bridgehead atoms. The van der Waals surface area contributed by atoms with Gasteiger partial charge < -0.3 is 23.7 Å². The number of allylic oxidation sites excluding steroid dienone is 2. The van der Waals surface area contributed by atoms with Crippen molar-refractivity contribution in [1.29, 1.82) is 0 Å². The zero-order chi connectivity index (χ0) is 20.3. The molecule has 6 heteroatoms. The van der Waals surface area contributed by atoms with Gasteiger partial charge in [0.1, 0.15) is 24.2 Å². The van der Waals surface area contributed by atoms with E-state index in [1.165, 1.54) is 0 Å². The summed E-state index contributed by atoms with van der Waals surface area (Å²) in [7, 11) is 3.15. The maximum atomic E-state index is 13.5. The van der Waals surface area contributed by atoms with E-state index in [2.05, 4.69) is 6.08 Å². The fourth-order valence-corrected chi connectivity index (χ4v) is 4.56. The molecule has 0 saturated carbocycles. The molecule has 6 nitrogen and oxygen atoms in total. The highest BCUT2D eigenvalue weighted by molar-refractivity contribution is 6.05. The lowest BCUT2D eigenvalue weighted by molar-refractivity contribution is -0.125. The molecule has 4 aliphatic rings. The standard InChI is InChI=1S/C23H24O6/c1-23(2)8-7-12-15(29-23)6-5-13-21(24)20-14-9-17(25-3)18(26-4)10-16(14)27-11-19(20)28-22(12)13/h5-10,12,15,19-20H,11H2,1-4H3/t12?,15?,19-,20+/m1/s1. The lowest BCUT2D eigenvalue weighted by Gasteiger charge is -2.44. The fraction of sp³-hybridized carbons (Fsp3) is 0.435. The monoisotopic (exact) mass is 396 g/mol. The van der Waals surface area contributed by atoms with Gasteiger partial charge in [0, 0.05) is 11.6 Å². The lowest BCUT2D eigenvalue weighted by atomic mass is 9.77. The van der Waals surface area contributed by atoms with Crippen molar-refractivity contribution in [3.05, 3.63) is 53.3 Å². The number of hydrogen-bond acceptors (Lipinski definition) is 6. The Morgan fingerprint density at radius 2 is 1.86 bits per heavy atom. The quantitative estimate of drug-likeness (QED) is 0.715. The summed E-state index contributed by atoms with van der Waals surface area (Å²) in [5.41, 5.74) is 1.04. The van der Waals surface area contributed by atoms with Crippen molar-refractivity contribution in [2.75, 3.05) is 20.8 Å². The summed E-state index contributed by atoms with van der Waals surface area (Å²) in [6.45, 7) is 4.34. The SMILES string of the molecule is COc1cc2c(cc1OC)[C@@H]1C(=O)C3=C(O[C@@H]1CO2)C1C=CC(C)(C)OC1C=C3. The summed E-state index contributed by atoms with van der Waals surface area (Å²) in [5.74, 6) is 1.95. The number of fused-ring (bicyclic) bond motifs is 5. The zero-order valence-electron chi connectivity index (χ0n) is 16.9. The van der Waals surface area contributed by atoms with Crippen molar-refractivity contribution in [3.63, 3.8) is 0 Å². The van der Waals surface area contributed by atoms with E-state index in [0.29, 0.717) is 35.2 Å². The molecule has 29 heavy (non-hydrogen) atoms. The van der Waals surface area contributed by atoms with Crippen LogP contribution < -0.4 is 14.2 Å². The van der Waals surface area contributed by atoms with Crippen molar-refractivity contribution in [3.8, 4) is 17.2 Å². The van der Waals surface area contributed by atoms with E-state index in [0.717, 1.165) is 5.56 Å². The Morgan fingerprint density at radius 1 is 1.10 bits per heavy atom. The first-order valence-corrected chi connectivity index (χ1v) is 9.81. The molecule has 0 saturated heterocycles. The average Bonchev–Trinajstić information content (AvgIpc) is 2.71. The number of Topliss-reactive ketones (excluding diaryl/α,β-unsaturated/α-hetero) is 1. The number of ether oxygens (including phenoxy) is 5. The van der Waals surface area contributed by atoms with Gasteiger partial charge in [-0.25, -0.2) is 0 Å². The van der Waals surface area contributed by atoms with Gasteiger partial charge in [0.05, 0.1) is 43.3 Å². The molecule has 2 unspecified atom stereocenters. The summed E-state index contributed by atoms with van der Waals surface area (Å²) in [5, 5.41) is 0. The molecule has 152 valence electrons. The van der Waals surface area contributed by atoms with Crippen LogP contribution in [-0.2, 0) is 14.3 Å². The Bertz CT molecular complexity index is 970. The van der Waals surface area contributed by atoms with Gasteiger partial charge >= 0.3 is 0 Å². The molecule has 0 radical (unpaired) electrons. The average molecular weight is 396 g/mol. The molecular formula is C23H24O6. The first-order chi connectivity index (χ1) is 13.9. The largest absolute Gasteiger partial charge is 0.493 e. The second kappa shape index (κ2) is 6.39. The molecular weight excluding hydrogens is 372 g/mol. The van der Waals surface area contributed by atoms with Crippen LogP contribution in [0.5, 0.6) is 17.2 Å². The minimum Gasteiger partial charge on any atom is -0.493 e. The second-order valence-corrected chi connectivity index (χ2v) is 8.26. The highest BCUT2D eigenvalue weighted by Gasteiger charge is 2.48. The number of ketones is 1. The van der Waals surface area contributed by atoms with E-state index in [4.69, 9.17) is 23.7 Å². The Hall–Kier alpha value is -2.73. The first kappa shape index (κ1) is 18.3. The van der Waals surface area contributed by atoms with E-state index in [9.17, 15) is 4.79 Å². The van der Waals surface area contributed by atoms with E-state index in [1.807, 2.05) is 38.1 Å². The molecule has 0 fully saturated rings. The van der Waals surface area contributed by atoms with Crippen LogP contribution in [0.4, 0.5) is 0 Å². The van der Waals surface area contributed by atoms with Crippen LogP contribution >= 0.6 is 0 Å². The van der Waals surface area contributed by atoms with Crippen LogP contribution in [0.15, 0.2) is 47.8 Å². The van der Waals surface area contributed by atoms with Crippen molar-refractivity contribution in [1.82, 2.24) is 0 Å². The molecule has 1 aliphatic carbocycles. The third-order valence-corrected chi connectivity index (χ3v) is 5.97. The van der Waals surface area contributed by atoms with Crippen molar-refractivity contribution < 1.29 is 28.5 Å². The second-order valence-electron chi connectivity index (χ2n) is 8.26. The van der Waals surface area contributed by atoms with Crippen LogP contribution in [0.3, 0.4) is 0 Å². The number of benzene rings is 1. The summed E-state index contributed by atoms with van der Waals surface area (Å²) in [4.78, 5) is 13.5. The van der Waals surface area contributed by atoms with Crippen LogP contribution in [0, 0.1) is 5.92 Å². The topological polar surface area (TPSA) is 63.2 Å². The van der Waals surface area contributed by atoms with Crippen LogP contribution in [0.25, 0.3) is 0 Å². The molecule has 1 aromatic carbocycles. The molecule has 0 N–H and O–H groups in total. The van der Waals surface area contributed by atoms with Gasteiger partial charge in [-0.05, 0) is 26.0 Å². The summed E-state index contributed by atoms with van der Waals surface area (Å²) < 4.78 is 29.2. The van der Waals surface area contributed by atoms with Gasteiger partial charge in [0.2, 0.25) is 0 Å². The number of rotatable bonds is 2. The van der Waals surface area contributed by atoms with E-state index < -0.39 is 5.92 Å². The third-order valence-electron chi connectivity index (χ3n) is 5.97. The predicted octanol–water partition coefficient (Wildman–Crippen LogP) is 3.32. The van der Waals surface area contributed by atoms with Crippen molar-refractivity contribution in [2.45, 2.75) is 37.6 Å². The lowest BCUT2D eigenvalue weighted by Crippen LogP contribution is -2.46. The fourth-order valence-electron chi connectivity index (χ4n) is 4.56. The number of carbonyl (C=O) groups is 1. The van der Waals surface area contributed by atoms with E-state index in [1.54, 1.807) is 20.3 Å². The van der Waals surface area contributed by atoms with Gasteiger partial charge in [-0.15, -0.1) is 0 Å². The highest BCUT2D eigenvalue weighted by atomic mass is 16.5. The zero-order valence-corrected chi connectivity index (χ0v) is 16.9. The minimum absolute atomic E-state index is 0.0425. The molecule has 0 amide bonds. The van der Waals surface area contributed by atoms with Gasteiger partial charge in [0.25, 0.3) is 0 Å². The molecule has 3 aliphatic heterocycles. The third kappa shape index (κ3) is 2.77.